The van der Waals surface area contributed by atoms with Crippen LogP contribution >= 0.6 is 11.8 Å². The fraction of sp³-hybridized carbons (Fsp3) is 0.438. The van der Waals surface area contributed by atoms with Gasteiger partial charge in [-0.15, -0.1) is 20.4 Å². The highest BCUT2D eigenvalue weighted by atomic mass is 32.2. The predicted molar refractivity (Wildman–Crippen MR) is 96.9 cm³/mol. The van der Waals surface area contributed by atoms with Crippen molar-refractivity contribution in [1.29, 1.82) is 0 Å². The number of hydrogen-bond acceptors (Lipinski definition) is 8. The first kappa shape index (κ1) is 14.9. The Morgan fingerprint density at radius 3 is 3.12 bits per heavy atom. The molecule has 128 valence electrons. The molecule has 5 rings (SSSR count). The normalized spacial score (nSPS) is 17.4. The molecule has 0 amide bonds. The first-order valence-corrected chi connectivity index (χ1v) is 9.60. The van der Waals surface area contributed by atoms with Crippen molar-refractivity contribution < 1.29 is 0 Å². The van der Waals surface area contributed by atoms with E-state index in [1.54, 1.807) is 10.8 Å². The van der Waals surface area contributed by atoms with E-state index in [0.29, 0.717) is 5.92 Å². The molecule has 9 heteroatoms. The molecule has 2 aliphatic heterocycles. The van der Waals surface area contributed by atoms with Crippen LogP contribution in [0.2, 0.25) is 0 Å². The van der Waals surface area contributed by atoms with E-state index in [4.69, 9.17) is 0 Å². The molecule has 0 unspecified atom stereocenters. The van der Waals surface area contributed by atoms with Crippen molar-refractivity contribution in [2.75, 3.05) is 35.6 Å². The van der Waals surface area contributed by atoms with E-state index >= 15 is 0 Å². The molecule has 0 saturated carbocycles. The van der Waals surface area contributed by atoms with Crippen LogP contribution in [0.4, 0.5) is 11.6 Å². The number of nitrogens with one attached hydrogen (secondary N) is 1. The fourth-order valence-corrected chi connectivity index (χ4v) is 4.20. The number of rotatable bonds is 4. The van der Waals surface area contributed by atoms with Gasteiger partial charge in [0, 0.05) is 37.7 Å². The van der Waals surface area contributed by atoms with E-state index in [0.717, 1.165) is 60.5 Å². The maximum atomic E-state index is 4.53. The third-order valence-corrected chi connectivity index (χ3v) is 5.71. The van der Waals surface area contributed by atoms with E-state index in [-0.39, 0.29) is 0 Å². The van der Waals surface area contributed by atoms with Gasteiger partial charge in [-0.1, -0.05) is 0 Å². The molecule has 1 fully saturated rings. The van der Waals surface area contributed by atoms with Crippen LogP contribution in [0.1, 0.15) is 11.3 Å². The number of fused-ring (bicyclic) bond motifs is 2. The Labute approximate surface area is 149 Å². The summed E-state index contributed by atoms with van der Waals surface area (Å²) < 4.78 is 1.71. The summed E-state index contributed by atoms with van der Waals surface area (Å²) in [6, 6.07) is 6.11. The van der Waals surface area contributed by atoms with Crippen molar-refractivity contribution in [2.45, 2.75) is 12.2 Å². The van der Waals surface area contributed by atoms with Crippen molar-refractivity contribution in [3.63, 3.8) is 0 Å². The van der Waals surface area contributed by atoms with Gasteiger partial charge in [0.25, 0.3) is 0 Å². The molecule has 25 heavy (non-hydrogen) atoms. The highest BCUT2D eigenvalue weighted by Gasteiger charge is 2.28. The van der Waals surface area contributed by atoms with Gasteiger partial charge in [0.15, 0.2) is 5.65 Å². The molecular formula is C16H18N8S. The molecule has 0 bridgehead atoms. The summed E-state index contributed by atoms with van der Waals surface area (Å²) in [6.07, 6.45) is 2.67. The van der Waals surface area contributed by atoms with Gasteiger partial charge < -0.3 is 10.2 Å². The van der Waals surface area contributed by atoms with Crippen LogP contribution in [0.25, 0.3) is 5.65 Å². The molecule has 3 aromatic heterocycles. The third kappa shape index (κ3) is 2.88. The van der Waals surface area contributed by atoms with Crippen molar-refractivity contribution >= 4 is 29.0 Å². The number of nitrogens with zero attached hydrogens (tertiary/aromatic N) is 7. The zero-order valence-electron chi connectivity index (χ0n) is 13.7. The summed E-state index contributed by atoms with van der Waals surface area (Å²) in [4.78, 5) is 2.26. The molecule has 2 aliphatic rings. The predicted octanol–water partition coefficient (Wildman–Crippen LogP) is 1.25. The minimum absolute atomic E-state index is 0.589. The molecule has 0 spiro atoms. The Morgan fingerprint density at radius 2 is 2.16 bits per heavy atom. The third-order valence-electron chi connectivity index (χ3n) is 4.70. The molecule has 8 nitrogen and oxygen atoms in total. The van der Waals surface area contributed by atoms with Crippen LogP contribution in [0, 0.1) is 5.92 Å². The lowest BCUT2D eigenvalue weighted by Gasteiger charge is -2.40. The summed E-state index contributed by atoms with van der Waals surface area (Å²) in [6.45, 7) is 2.88. The average molecular weight is 354 g/mol. The van der Waals surface area contributed by atoms with E-state index in [2.05, 4.69) is 41.8 Å². The van der Waals surface area contributed by atoms with Gasteiger partial charge in [-0.3, -0.25) is 0 Å². The van der Waals surface area contributed by atoms with Crippen LogP contribution in [-0.2, 0) is 12.2 Å². The lowest BCUT2D eigenvalue weighted by Crippen LogP contribution is -2.50. The Balaban J connectivity index is 1.17. The molecular weight excluding hydrogens is 336 g/mol. The summed E-state index contributed by atoms with van der Waals surface area (Å²) in [7, 11) is 0. The Bertz CT molecular complexity index is 904. The van der Waals surface area contributed by atoms with Gasteiger partial charge >= 0.3 is 0 Å². The monoisotopic (exact) mass is 354 g/mol. The average Bonchev–Trinajstić information content (AvgIpc) is 3.08. The van der Waals surface area contributed by atoms with Gasteiger partial charge in [0.1, 0.15) is 18.0 Å². The summed E-state index contributed by atoms with van der Waals surface area (Å²) in [5, 5.41) is 24.5. The number of aromatic nitrogens is 6. The minimum Gasteiger partial charge on any atom is -0.368 e. The largest absolute Gasteiger partial charge is 0.368 e. The van der Waals surface area contributed by atoms with Crippen molar-refractivity contribution in [1.82, 2.24) is 30.0 Å². The minimum atomic E-state index is 0.589. The van der Waals surface area contributed by atoms with E-state index in [1.807, 2.05) is 23.9 Å². The first-order valence-electron chi connectivity index (χ1n) is 8.44. The van der Waals surface area contributed by atoms with Crippen LogP contribution in [0.3, 0.4) is 0 Å². The first-order chi connectivity index (χ1) is 12.3. The molecule has 0 radical (unpaired) electrons. The zero-order valence-corrected chi connectivity index (χ0v) is 14.5. The molecule has 1 N–H and O–H groups in total. The SMILES string of the molecule is c1cc2nncn2nc1N1CC(CNc2cc3c(nn2)CCSC3)C1. The lowest BCUT2D eigenvalue weighted by molar-refractivity contribution is 0.424. The van der Waals surface area contributed by atoms with Crippen molar-refractivity contribution in [3.8, 4) is 0 Å². The van der Waals surface area contributed by atoms with E-state index in [9.17, 15) is 0 Å². The Hall–Kier alpha value is -2.42. The lowest BCUT2D eigenvalue weighted by atomic mass is 10.0. The number of anilines is 2. The molecule has 0 aliphatic carbocycles. The Morgan fingerprint density at radius 1 is 1.20 bits per heavy atom. The van der Waals surface area contributed by atoms with E-state index < -0.39 is 0 Å². The highest BCUT2D eigenvalue weighted by molar-refractivity contribution is 7.98. The van der Waals surface area contributed by atoms with Crippen LogP contribution in [-0.4, -0.2) is 55.4 Å². The van der Waals surface area contributed by atoms with E-state index in [1.165, 1.54) is 5.56 Å². The van der Waals surface area contributed by atoms with Gasteiger partial charge in [-0.2, -0.15) is 21.4 Å². The van der Waals surface area contributed by atoms with Gasteiger partial charge in [0.2, 0.25) is 0 Å². The molecule has 3 aromatic rings. The molecule has 5 heterocycles. The number of aryl methyl sites for hydroxylation is 1. The fourth-order valence-electron chi connectivity index (χ4n) is 3.25. The number of hydrogen-bond donors (Lipinski definition) is 1. The summed E-state index contributed by atoms with van der Waals surface area (Å²) >= 11 is 1.97. The maximum Gasteiger partial charge on any atom is 0.177 e. The van der Waals surface area contributed by atoms with Crippen molar-refractivity contribution in [3.05, 3.63) is 35.8 Å². The highest BCUT2D eigenvalue weighted by Crippen LogP contribution is 2.25. The van der Waals surface area contributed by atoms with Crippen LogP contribution < -0.4 is 10.2 Å². The molecule has 0 atom stereocenters. The van der Waals surface area contributed by atoms with Crippen LogP contribution in [0.5, 0.6) is 0 Å². The quantitative estimate of drug-likeness (QED) is 0.749. The summed E-state index contributed by atoms with van der Waals surface area (Å²) in [5.74, 6) is 4.65. The topological polar surface area (TPSA) is 84.1 Å². The second-order valence-electron chi connectivity index (χ2n) is 6.48. The maximum absolute atomic E-state index is 4.53. The smallest absolute Gasteiger partial charge is 0.177 e. The van der Waals surface area contributed by atoms with Gasteiger partial charge in [-0.05, 0) is 29.5 Å². The second-order valence-corrected chi connectivity index (χ2v) is 7.59. The standard InChI is InChI=1S/C16H18N8S/c1-2-16(22-24-10-18-21-15(1)24)23-7-11(8-23)6-17-14-5-12-9-25-4-3-13(12)19-20-14/h1-2,5,10-11H,3-4,6-9H2,(H,17,20). The van der Waals surface area contributed by atoms with Gasteiger partial charge in [-0.25, -0.2) is 0 Å². The number of thioether (sulfide) groups is 1. The second kappa shape index (κ2) is 6.14. The molecule has 0 aromatic carbocycles. The van der Waals surface area contributed by atoms with Crippen molar-refractivity contribution in [2.24, 2.45) is 5.92 Å². The summed E-state index contributed by atoms with van der Waals surface area (Å²) in [5.41, 5.74) is 3.26. The van der Waals surface area contributed by atoms with Gasteiger partial charge in [0.05, 0.1) is 5.69 Å². The Kier molecular flexibility index (Phi) is 3.66. The zero-order chi connectivity index (χ0) is 16.6. The van der Waals surface area contributed by atoms with Crippen LogP contribution in [0.15, 0.2) is 24.5 Å². The molecule has 1 saturated heterocycles.